The minimum absolute atomic E-state index is 1.25. The van der Waals surface area contributed by atoms with E-state index in [4.69, 9.17) is 0 Å². The lowest BCUT2D eigenvalue weighted by Crippen LogP contribution is -1.85. The van der Waals surface area contributed by atoms with E-state index in [-0.39, 0.29) is 0 Å². The van der Waals surface area contributed by atoms with E-state index in [1.807, 2.05) is 32.3 Å². The predicted molar refractivity (Wildman–Crippen MR) is 40.1 cm³/mol. The SMILES string of the molecule is C/C=C/c1cccn1C. The van der Waals surface area contributed by atoms with E-state index in [9.17, 15) is 0 Å². The van der Waals surface area contributed by atoms with Crippen LogP contribution in [0.1, 0.15) is 12.6 Å². The minimum atomic E-state index is 1.25. The molecule has 0 N–H and O–H groups in total. The van der Waals surface area contributed by atoms with Crippen molar-refractivity contribution in [3.05, 3.63) is 30.1 Å². The van der Waals surface area contributed by atoms with Crippen LogP contribution in [0.15, 0.2) is 24.4 Å². The maximum absolute atomic E-state index is 2.08. The Balaban J connectivity index is 2.94. The highest BCUT2D eigenvalue weighted by atomic mass is 14.9. The Hall–Kier alpha value is -0.980. The van der Waals surface area contributed by atoms with Crippen LogP contribution in [0.3, 0.4) is 0 Å². The molecule has 0 bridgehead atoms. The van der Waals surface area contributed by atoms with Gasteiger partial charge in [-0.05, 0) is 25.1 Å². The Labute approximate surface area is 55.6 Å². The van der Waals surface area contributed by atoms with Crippen LogP contribution in [0.4, 0.5) is 0 Å². The van der Waals surface area contributed by atoms with Crippen molar-refractivity contribution in [3.8, 4) is 0 Å². The third kappa shape index (κ3) is 1.22. The van der Waals surface area contributed by atoms with Crippen molar-refractivity contribution in [2.45, 2.75) is 6.92 Å². The van der Waals surface area contributed by atoms with Crippen LogP contribution in [0, 0.1) is 0 Å². The van der Waals surface area contributed by atoms with Crippen LogP contribution >= 0.6 is 0 Å². The summed E-state index contributed by atoms with van der Waals surface area (Å²) < 4.78 is 2.08. The lowest BCUT2D eigenvalue weighted by atomic mass is 10.4. The molecule has 0 atom stereocenters. The summed E-state index contributed by atoms with van der Waals surface area (Å²) in [7, 11) is 2.04. The molecule has 0 saturated carbocycles. The molecular formula is C8H11N. The average molecular weight is 121 g/mol. The summed E-state index contributed by atoms with van der Waals surface area (Å²) in [6.45, 7) is 2.02. The highest BCUT2D eigenvalue weighted by molar-refractivity contribution is 5.44. The van der Waals surface area contributed by atoms with Crippen LogP contribution in [-0.4, -0.2) is 4.57 Å². The third-order valence-electron chi connectivity index (χ3n) is 1.32. The summed E-state index contributed by atoms with van der Waals surface area (Å²) >= 11 is 0. The quantitative estimate of drug-likeness (QED) is 0.536. The number of aromatic nitrogens is 1. The molecule has 1 heterocycles. The molecule has 0 aliphatic heterocycles. The average Bonchev–Trinajstić information content (AvgIpc) is 2.18. The van der Waals surface area contributed by atoms with E-state index in [1.165, 1.54) is 5.69 Å². The highest BCUT2D eigenvalue weighted by Gasteiger charge is 1.86. The number of hydrogen-bond donors (Lipinski definition) is 0. The summed E-state index contributed by atoms with van der Waals surface area (Å²) in [4.78, 5) is 0. The predicted octanol–water partition coefficient (Wildman–Crippen LogP) is 2.06. The smallest absolute Gasteiger partial charge is 0.0400 e. The van der Waals surface area contributed by atoms with E-state index < -0.39 is 0 Å². The number of rotatable bonds is 1. The van der Waals surface area contributed by atoms with Crippen LogP contribution in [0.5, 0.6) is 0 Å². The Bertz CT molecular complexity index is 208. The number of hydrogen-bond acceptors (Lipinski definition) is 0. The van der Waals surface area contributed by atoms with Crippen molar-refractivity contribution in [2.24, 2.45) is 7.05 Å². The highest BCUT2D eigenvalue weighted by Crippen LogP contribution is 2.00. The van der Waals surface area contributed by atoms with E-state index in [0.29, 0.717) is 0 Å². The fourth-order valence-electron chi connectivity index (χ4n) is 0.818. The first-order chi connectivity index (χ1) is 4.34. The van der Waals surface area contributed by atoms with Gasteiger partial charge in [0.2, 0.25) is 0 Å². The van der Waals surface area contributed by atoms with Gasteiger partial charge in [-0.1, -0.05) is 6.08 Å². The fraction of sp³-hybridized carbons (Fsp3) is 0.250. The third-order valence-corrected chi connectivity index (χ3v) is 1.32. The first-order valence-corrected chi connectivity index (χ1v) is 3.08. The molecule has 1 aromatic heterocycles. The largest absolute Gasteiger partial charge is 0.351 e. The van der Waals surface area contributed by atoms with E-state index in [0.717, 1.165) is 0 Å². The normalized spacial score (nSPS) is 10.9. The van der Waals surface area contributed by atoms with Crippen molar-refractivity contribution in [1.29, 1.82) is 0 Å². The molecule has 9 heavy (non-hydrogen) atoms. The van der Waals surface area contributed by atoms with Gasteiger partial charge in [-0.3, -0.25) is 0 Å². The van der Waals surface area contributed by atoms with Gasteiger partial charge < -0.3 is 4.57 Å². The number of allylic oxidation sites excluding steroid dienone is 1. The summed E-state index contributed by atoms with van der Waals surface area (Å²) in [5.74, 6) is 0. The molecule has 1 rings (SSSR count). The molecule has 0 fully saturated rings. The van der Waals surface area contributed by atoms with Crippen molar-refractivity contribution >= 4 is 6.08 Å². The van der Waals surface area contributed by atoms with Crippen LogP contribution in [0.25, 0.3) is 6.08 Å². The molecule has 48 valence electrons. The molecular weight excluding hydrogens is 110 g/mol. The summed E-state index contributed by atoms with van der Waals surface area (Å²) in [5, 5.41) is 0. The number of nitrogens with zero attached hydrogens (tertiary/aromatic N) is 1. The molecule has 0 aromatic carbocycles. The van der Waals surface area contributed by atoms with Crippen LogP contribution in [0.2, 0.25) is 0 Å². The Morgan fingerprint density at radius 3 is 2.78 bits per heavy atom. The maximum atomic E-state index is 2.08. The Kier molecular flexibility index (Phi) is 1.73. The molecule has 0 spiro atoms. The standard InChI is InChI=1S/C8H11N/c1-3-5-8-6-4-7-9(8)2/h3-7H,1-2H3/b5-3+. The Morgan fingerprint density at radius 1 is 1.56 bits per heavy atom. The molecule has 0 amide bonds. The van der Waals surface area contributed by atoms with Gasteiger partial charge in [0, 0.05) is 18.9 Å². The van der Waals surface area contributed by atoms with Crippen LogP contribution < -0.4 is 0 Å². The van der Waals surface area contributed by atoms with E-state index in [2.05, 4.69) is 16.7 Å². The zero-order chi connectivity index (χ0) is 6.69. The zero-order valence-electron chi connectivity index (χ0n) is 5.83. The van der Waals surface area contributed by atoms with Gasteiger partial charge in [-0.2, -0.15) is 0 Å². The second kappa shape index (κ2) is 2.53. The van der Waals surface area contributed by atoms with Gasteiger partial charge in [0.15, 0.2) is 0 Å². The van der Waals surface area contributed by atoms with Gasteiger partial charge >= 0.3 is 0 Å². The molecule has 1 nitrogen and oxygen atoms in total. The van der Waals surface area contributed by atoms with E-state index in [1.54, 1.807) is 0 Å². The molecule has 1 aromatic rings. The summed E-state index contributed by atoms with van der Waals surface area (Å²) in [6.07, 6.45) is 6.16. The Morgan fingerprint density at radius 2 is 2.33 bits per heavy atom. The zero-order valence-corrected chi connectivity index (χ0v) is 5.83. The molecule has 0 aliphatic rings. The van der Waals surface area contributed by atoms with Gasteiger partial charge in [0.05, 0.1) is 0 Å². The minimum Gasteiger partial charge on any atom is -0.351 e. The molecule has 1 heteroatoms. The fourth-order valence-corrected chi connectivity index (χ4v) is 0.818. The lowest BCUT2D eigenvalue weighted by molar-refractivity contribution is 0.915. The van der Waals surface area contributed by atoms with Crippen molar-refractivity contribution in [1.82, 2.24) is 4.57 Å². The van der Waals surface area contributed by atoms with Gasteiger partial charge in [0.25, 0.3) is 0 Å². The van der Waals surface area contributed by atoms with Crippen molar-refractivity contribution in [2.75, 3.05) is 0 Å². The first kappa shape index (κ1) is 6.14. The first-order valence-electron chi connectivity index (χ1n) is 3.08. The maximum Gasteiger partial charge on any atom is 0.0400 e. The molecule has 0 saturated heterocycles. The molecule has 0 radical (unpaired) electrons. The summed E-state index contributed by atoms with van der Waals surface area (Å²) in [6, 6.07) is 4.12. The van der Waals surface area contributed by atoms with Gasteiger partial charge in [-0.25, -0.2) is 0 Å². The second-order valence-electron chi connectivity index (χ2n) is 2.04. The van der Waals surface area contributed by atoms with Crippen molar-refractivity contribution < 1.29 is 0 Å². The molecule has 0 aliphatic carbocycles. The molecule has 0 unspecified atom stereocenters. The lowest BCUT2D eigenvalue weighted by Gasteiger charge is -1.92. The topological polar surface area (TPSA) is 4.93 Å². The van der Waals surface area contributed by atoms with Crippen LogP contribution in [-0.2, 0) is 7.05 Å². The number of aryl methyl sites for hydroxylation is 1. The summed E-state index contributed by atoms with van der Waals surface area (Å²) in [5.41, 5.74) is 1.25. The van der Waals surface area contributed by atoms with Gasteiger partial charge in [0.1, 0.15) is 0 Å². The van der Waals surface area contributed by atoms with Gasteiger partial charge in [-0.15, -0.1) is 0 Å². The van der Waals surface area contributed by atoms with E-state index >= 15 is 0 Å². The second-order valence-corrected chi connectivity index (χ2v) is 2.04. The van der Waals surface area contributed by atoms with Crippen molar-refractivity contribution in [3.63, 3.8) is 0 Å². The monoisotopic (exact) mass is 121 g/mol.